The molecule has 40 heavy (non-hydrogen) atoms. The zero-order chi connectivity index (χ0) is 28.7. The number of unbranched alkanes of at least 4 members (excludes halogenated alkanes) is 1. The number of carboxylic acids is 1. The number of aryl methyl sites for hydroxylation is 2. The van der Waals surface area contributed by atoms with Crippen LogP contribution < -0.4 is 20.7 Å². The molecule has 2 amide bonds. The van der Waals surface area contributed by atoms with Gasteiger partial charge in [0.05, 0.1) is 0 Å². The van der Waals surface area contributed by atoms with Gasteiger partial charge < -0.3 is 25.8 Å². The van der Waals surface area contributed by atoms with E-state index in [2.05, 4.69) is 39.6 Å². The fraction of sp³-hybridized carbons (Fsp3) is 0.355. The summed E-state index contributed by atoms with van der Waals surface area (Å²) in [5.41, 5.74) is 2.57. The average molecular weight is 547 g/mol. The van der Waals surface area contributed by atoms with E-state index in [0.29, 0.717) is 29.9 Å². The number of carbonyl (C=O) groups is 3. The highest BCUT2D eigenvalue weighted by Gasteiger charge is 2.21. The minimum atomic E-state index is -1.16. The number of nitrogens with one attached hydrogen (secondary N) is 3. The van der Waals surface area contributed by atoms with Gasteiger partial charge in [-0.05, 0) is 87.4 Å². The van der Waals surface area contributed by atoms with Crippen LogP contribution >= 0.6 is 0 Å². The Kier molecular flexibility index (Phi) is 12.0. The van der Waals surface area contributed by atoms with Crippen LogP contribution in [0.1, 0.15) is 60.6 Å². The first-order chi connectivity index (χ1) is 19.4. The summed E-state index contributed by atoms with van der Waals surface area (Å²) in [6.45, 7) is 6.50. The number of fused-ring (bicyclic) bond motifs is 1. The first kappa shape index (κ1) is 30.1. The van der Waals surface area contributed by atoms with Crippen molar-refractivity contribution in [2.24, 2.45) is 0 Å². The van der Waals surface area contributed by atoms with Crippen molar-refractivity contribution < 1.29 is 24.2 Å². The number of carbonyl (C=O) groups excluding carboxylic acids is 2. The predicted molar refractivity (Wildman–Crippen MR) is 155 cm³/mol. The minimum absolute atomic E-state index is 0.0717. The van der Waals surface area contributed by atoms with Gasteiger partial charge >= 0.3 is 5.97 Å². The highest BCUT2D eigenvalue weighted by atomic mass is 16.5. The second-order valence-corrected chi connectivity index (χ2v) is 9.58. The van der Waals surface area contributed by atoms with Crippen molar-refractivity contribution in [3.63, 3.8) is 0 Å². The Bertz CT molecular complexity index is 1240. The van der Waals surface area contributed by atoms with Crippen molar-refractivity contribution in [1.29, 1.82) is 0 Å². The van der Waals surface area contributed by atoms with E-state index in [1.165, 1.54) is 5.56 Å². The van der Waals surface area contributed by atoms with E-state index in [1.807, 2.05) is 0 Å². The maximum absolute atomic E-state index is 12.6. The second kappa shape index (κ2) is 15.9. The minimum Gasteiger partial charge on any atom is -0.480 e. The topological polar surface area (TPSA) is 130 Å². The number of hydrogen-bond donors (Lipinski definition) is 4. The van der Waals surface area contributed by atoms with E-state index in [-0.39, 0.29) is 18.9 Å². The number of benzene rings is 1. The molecular formula is C31H38N4O5. The number of carboxylic acid groups (broad SMARTS) is 1. The van der Waals surface area contributed by atoms with Crippen molar-refractivity contribution in [2.45, 2.75) is 57.9 Å². The van der Waals surface area contributed by atoms with Crippen LogP contribution in [0.2, 0.25) is 0 Å². The molecule has 212 valence electrons. The Morgan fingerprint density at radius 3 is 2.70 bits per heavy atom. The van der Waals surface area contributed by atoms with Crippen molar-refractivity contribution in [2.75, 3.05) is 18.4 Å². The molecule has 1 unspecified atom stereocenters. The van der Waals surface area contributed by atoms with Gasteiger partial charge in [0.2, 0.25) is 5.91 Å². The summed E-state index contributed by atoms with van der Waals surface area (Å²) in [4.78, 5) is 41.2. The molecule has 2 aromatic rings. The highest BCUT2D eigenvalue weighted by molar-refractivity contribution is 5.96. The van der Waals surface area contributed by atoms with Crippen LogP contribution in [0, 0.1) is 0 Å². The number of rotatable bonds is 15. The molecular weight excluding hydrogens is 508 g/mol. The lowest BCUT2D eigenvalue weighted by Gasteiger charge is -2.17. The molecule has 0 spiro atoms. The Labute approximate surface area is 235 Å². The molecule has 9 heteroatoms. The summed E-state index contributed by atoms with van der Waals surface area (Å²) < 4.78 is 5.67. The van der Waals surface area contributed by atoms with E-state index >= 15 is 0 Å². The molecule has 9 nitrogen and oxygen atoms in total. The Balaban J connectivity index is 1.36. The third kappa shape index (κ3) is 10.1. The van der Waals surface area contributed by atoms with Crippen LogP contribution in [0.4, 0.5) is 5.82 Å². The van der Waals surface area contributed by atoms with Gasteiger partial charge in [0.1, 0.15) is 23.4 Å². The van der Waals surface area contributed by atoms with Gasteiger partial charge in [0.25, 0.3) is 5.91 Å². The number of ether oxygens (including phenoxy) is 1. The first-order valence-electron chi connectivity index (χ1n) is 13.6. The van der Waals surface area contributed by atoms with Crippen molar-refractivity contribution in [3.8, 4) is 5.75 Å². The van der Waals surface area contributed by atoms with Gasteiger partial charge in [-0.25, -0.2) is 9.78 Å². The zero-order valence-corrected chi connectivity index (χ0v) is 22.9. The molecule has 0 bridgehead atoms. The van der Waals surface area contributed by atoms with Gasteiger partial charge in [-0.15, -0.1) is 0 Å². The molecule has 0 radical (unpaired) electrons. The Morgan fingerprint density at radius 1 is 1.15 bits per heavy atom. The average Bonchev–Trinajstić information content (AvgIpc) is 2.95. The second-order valence-electron chi connectivity index (χ2n) is 9.58. The first-order valence-corrected chi connectivity index (χ1v) is 13.6. The highest BCUT2D eigenvalue weighted by Crippen LogP contribution is 2.20. The number of hydrogen-bond acceptors (Lipinski definition) is 6. The number of anilines is 1. The SMILES string of the molecule is C=C/C=C\C=C(/C)Oc1ccc(C(=O)NC(CCNC(=O)CCCCc2ccc3c(n2)NCCC3)C(=O)O)cc1. The number of aliphatic carboxylic acids is 1. The smallest absolute Gasteiger partial charge is 0.326 e. The van der Waals surface area contributed by atoms with E-state index in [0.717, 1.165) is 43.7 Å². The predicted octanol–water partition coefficient (Wildman–Crippen LogP) is 4.57. The van der Waals surface area contributed by atoms with Gasteiger partial charge in [-0.1, -0.05) is 30.9 Å². The lowest BCUT2D eigenvalue weighted by molar-refractivity contribution is -0.139. The molecule has 0 fully saturated rings. The number of nitrogens with zero attached hydrogens (tertiary/aromatic N) is 1. The summed E-state index contributed by atoms with van der Waals surface area (Å²) in [6.07, 6.45) is 11.9. The van der Waals surface area contributed by atoms with Crippen LogP contribution in [0.15, 0.2) is 73.0 Å². The molecule has 0 saturated heterocycles. The maximum atomic E-state index is 12.6. The van der Waals surface area contributed by atoms with Crippen molar-refractivity contribution in [1.82, 2.24) is 15.6 Å². The van der Waals surface area contributed by atoms with E-state index in [9.17, 15) is 19.5 Å². The Morgan fingerprint density at radius 2 is 1.95 bits per heavy atom. The fourth-order valence-corrected chi connectivity index (χ4v) is 4.21. The molecule has 4 N–H and O–H groups in total. The summed E-state index contributed by atoms with van der Waals surface area (Å²) >= 11 is 0. The van der Waals surface area contributed by atoms with Crippen molar-refractivity contribution >= 4 is 23.6 Å². The largest absolute Gasteiger partial charge is 0.480 e. The third-order valence-electron chi connectivity index (χ3n) is 6.37. The van der Waals surface area contributed by atoms with Gasteiger partial charge in [0.15, 0.2) is 0 Å². The van der Waals surface area contributed by atoms with E-state index in [4.69, 9.17) is 4.74 Å². The molecule has 1 aliphatic heterocycles. The number of allylic oxidation sites excluding steroid dienone is 5. The molecule has 1 aliphatic rings. The molecule has 3 rings (SSSR count). The molecule has 0 aliphatic carbocycles. The van der Waals surface area contributed by atoms with Crippen molar-refractivity contribution in [3.05, 3.63) is 89.9 Å². The normalized spacial score (nSPS) is 13.6. The summed E-state index contributed by atoms with van der Waals surface area (Å²) in [7, 11) is 0. The van der Waals surface area contributed by atoms with Crippen LogP contribution in [0.5, 0.6) is 5.75 Å². The number of amides is 2. The van der Waals surface area contributed by atoms with E-state index < -0.39 is 17.9 Å². The maximum Gasteiger partial charge on any atom is 0.326 e. The molecule has 1 atom stereocenters. The lowest BCUT2D eigenvalue weighted by Crippen LogP contribution is -2.43. The lowest BCUT2D eigenvalue weighted by atomic mass is 10.1. The quantitative estimate of drug-likeness (QED) is 0.146. The Hall–Kier alpha value is -4.40. The van der Waals surface area contributed by atoms with Crippen LogP contribution in [-0.2, 0) is 22.4 Å². The molecule has 1 aromatic carbocycles. The molecule has 0 saturated carbocycles. The van der Waals surface area contributed by atoms with Gasteiger partial charge in [0, 0.05) is 30.8 Å². The van der Waals surface area contributed by atoms with E-state index in [1.54, 1.807) is 55.5 Å². The van der Waals surface area contributed by atoms with Crippen LogP contribution in [0.25, 0.3) is 0 Å². The molecule has 1 aromatic heterocycles. The van der Waals surface area contributed by atoms with Gasteiger partial charge in [-0.3, -0.25) is 9.59 Å². The third-order valence-corrected chi connectivity index (χ3v) is 6.37. The monoisotopic (exact) mass is 546 g/mol. The fourth-order valence-electron chi connectivity index (χ4n) is 4.21. The zero-order valence-electron chi connectivity index (χ0n) is 22.9. The van der Waals surface area contributed by atoms with Gasteiger partial charge in [-0.2, -0.15) is 0 Å². The van der Waals surface area contributed by atoms with Crippen LogP contribution in [-0.4, -0.2) is 47.0 Å². The molecule has 2 heterocycles. The summed E-state index contributed by atoms with van der Waals surface area (Å²) in [5, 5.41) is 18.2. The standard InChI is InChI=1S/C31H38N4O5/c1-3-4-5-9-22(2)40-26-17-14-24(15-18-26)30(37)35-27(31(38)39)19-21-32-28(36)12-7-6-11-25-16-13-23-10-8-20-33-29(23)34-25/h3-5,9,13-18,27H,1,6-8,10-12,19-21H2,2H3,(H,32,36)(H,33,34)(H,35,37)(H,38,39)/b5-4-,22-9+. The number of pyridine rings is 1. The van der Waals surface area contributed by atoms with Crippen LogP contribution in [0.3, 0.4) is 0 Å². The summed E-state index contributed by atoms with van der Waals surface area (Å²) in [5.74, 6) is 0.359. The number of aromatic nitrogens is 1. The summed E-state index contributed by atoms with van der Waals surface area (Å²) in [6, 6.07) is 9.45.